The summed E-state index contributed by atoms with van der Waals surface area (Å²) in [7, 11) is 0. The fourth-order valence-electron chi connectivity index (χ4n) is 3.14. The molecule has 2 amide bonds. The van der Waals surface area contributed by atoms with Gasteiger partial charge < -0.3 is 15.7 Å². The maximum Gasteiger partial charge on any atom is 0.394 e. The molecular formula is C17H15F3N4O4. The van der Waals surface area contributed by atoms with Crippen molar-refractivity contribution in [2.75, 3.05) is 13.1 Å². The zero-order chi connectivity index (χ0) is 20.6. The van der Waals surface area contributed by atoms with Crippen molar-refractivity contribution < 1.29 is 32.7 Å². The van der Waals surface area contributed by atoms with Crippen LogP contribution >= 0.6 is 0 Å². The summed E-state index contributed by atoms with van der Waals surface area (Å²) in [5, 5.41) is 13.1. The second-order valence-electron chi connectivity index (χ2n) is 6.33. The second-order valence-corrected chi connectivity index (χ2v) is 6.33. The first-order valence-electron chi connectivity index (χ1n) is 8.13. The molecule has 1 aliphatic rings. The molecule has 3 N–H and O–H groups in total. The summed E-state index contributed by atoms with van der Waals surface area (Å²) < 4.78 is 40.5. The Morgan fingerprint density at radius 3 is 2.29 bits per heavy atom. The average molecular weight is 396 g/mol. The van der Waals surface area contributed by atoms with Crippen molar-refractivity contribution in [1.82, 2.24) is 14.7 Å². The van der Waals surface area contributed by atoms with E-state index >= 15 is 0 Å². The summed E-state index contributed by atoms with van der Waals surface area (Å²) in [6, 6.07) is 9.32. The van der Waals surface area contributed by atoms with Gasteiger partial charge in [0, 0.05) is 19.2 Å². The second kappa shape index (κ2) is 6.98. The number of nitrogens with two attached hydrogens (primary N) is 1. The molecule has 1 fully saturated rings. The number of benzene rings is 1. The van der Waals surface area contributed by atoms with Gasteiger partial charge in [-0.25, -0.2) is 4.68 Å². The Morgan fingerprint density at radius 1 is 1.14 bits per heavy atom. The number of nitrogens with zero attached hydrogens (tertiary/aromatic N) is 3. The van der Waals surface area contributed by atoms with Gasteiger partial charge in [-0.1, -0.05) is 18.2 Å². The third kappa shape index (κ3) is 3.55. The minimum absolute atomic E-state index is 0.129. The lowest BCUT2D eigenvalue weighted by Crippen LogP contribution is -2.34. The monoisotopic (exact) mass is 396 g/mol. The fourth-order valence-corrected chi connectivity index (χ4v) is 3.14. The molecule has 3 rings (SSSR count). The molecule has 0 spiro atoms. The molecule has 1 saturated heterocycles. The highest BCUT2D eigenvalue weighted by molar-refractivity contribution is 5.98. The predicted molar refractivity (Wildman–Crippen MR) is 88.7 cm³/mol. The number of carboxylic acid groups (broad SMARTS) is 1. The maximum atomic E-state index is 13.1. The Hall–Kier alpha value is -3.37. The fraction of sp³-hybridized carbons (Fsp3) is 0.294. The largest absolute Gasteiger partial charge is 0.481 e. The molecule has 1 aromatic carbocycles. The SMILES string of the molecule is NC(=O)c1cc(C(=O)N2C[C@@H](C(F)(F)F)[C@H](C(=O)O)C2)nn1-c1ccccc1. The number of rotatable bonds is 4. The summed E-state index contributed by atoms with van der Waals surface area (Å²) in [4.78, 5) is 36.3. The van der Waals surface area contributed by atoms with Gasteiger partial charge in [-0.3, -0.25) is 14.4 Å². The van der Waals surface area contributed by atoms with Crippen molar-refractivity contribution in [3.8, 4) is 5.69 Å². The van der Waals surface area contributed by atoms with Crippen molar-refractivity contribution in [3.05, 3.63) is 47.8 Å². The summed E-state index contributed by atoms with van der Waals surface area (Å²) in [5.74, 6) is -7.37. The van der Waals surface area contributed by atoms with E-state index in [-0.39, 0.29) is 11.4 Å². The Morgan fingerprint density at radius 2 is 1.79 bits per heavy atom. The quantitative estimate of drug-likeness (QED) is 0.808. The van der Waals surface area contributed by atoms with Crippen LogP contribution in [-0.4, -0.2) is 56.8 Å². The van der Waals surface area contributed by atoms with Crippen LogP contribution in [0, 0.1) is 11.8 Å². The number of para-hydroxylation sites is 1. The van der Waals surface area contributed by atoms with Crippen LogP contribution < -0.4 is 5.73 Å². The van der Waals surface area contributed by atoms with Crippen LogP contribution in [0.4, 0.5) is 13.2 Å². The van der Waals surface area contributed by atoms with E-state index in [4.69, 9.17) is 10.8 Å². The van der Waals surface area contributed by atoms with Gasteiger partial charge in [0.1, 0.15) is 5.69 Å². The highest BCUT2D eigenvalue weighted by atomic mass is 19.4. The summed E-state index contributed by atoms with van der Waals surface area (Å²) in [6.45, 7) is -1.41. The zero-order valence-electron chi connectivity index (χ0n) is 14.3. The topological polar surface area (TPSA) is 119 Å². The van der Waals surface area contributed by atoms with Crippen LogP contribution in [0.1, 0.15) is 21.0 Å². The summed E-state index contributed by atoms with van der Waals surface area (Å²) in [6.07, 6.45) is -4.76. The zero-order valence-corrected chi connectivity index (χ0v) is 14.3. The molecule has 28 heavy (non-hydrogen) atoms. The molecule has 11 heteroatoms. The van der Waals surface area contributed by atoms with Crippen molar-refractivity contribution in [1.29, 1.82) is 0 Å². The lowest BCUT2D eigenvalue weighted by atomic mass is 9.96. The van der Waals surface area contributed by atoms with Crippen LogP contribution in [0.25, 0.3) is 5.69 Å². The van der Waals surface area contributed by atoms with Crippen molar-refractivity contribution in [2.24, 2.45) is 17.6 Å². The molecular weight excluding hydrogens is 381 g/mol. The standard InChI is InChI=1S/C17H15F3N4O4/c18-17(19,20)11-8-23(7-10(11)16(27)28)15(26)12-6-13(14(21)25)24(22-12)9-4-2-1-3-5-9/h1-6,10-11H,7-8H2,(H2,21,25)(H,27,28)/t10-,11-/m1/s1. The van der Waals surface area contributed by atoms with Gasteiger partial charge in [0.15, 0.2) is 5.69 Å². The minimum atomic E-state index is -4.76. The third-order valence-electron chi connectivity index (χ3n) is 4.53. The van der Waals surface area contributed by atoms with Crippen LogP contribution in [-0.2, 0) is 4.79 Å². The maximum absolute atomic E-state index is 13.1. The molecule has 2 atom stereocenters. The number of likely N-dealkylation sites (tertiary alicyclic amines) is 1. The Kier molecular flexibility index (Phi) is 4.84. The van der Waals surface area contributed by atoms with Crippen LogP contribution in [0.5, 0.6) is 0 Å². The first kappa shape index (κ1) is 19.4. The first-order valence-corrected chi connectivity index (χ1v) is 8.13. The predicted octanol–water partition coefficient (Wildman–Crippen LogP) is 1.31. The van der Waals surface area contributed by atoms with Gasteiger partial charge in [0.05, 0.1) is 17.5 Å². The van der Waals surface area contributed by atoms with E-state index in [1.165, 1.54) is 0 Å². The summed E-state index contributed by atoms with van der Waals surface area (Å²) in [5.41, 5.74) is 5.30. The molecule has 1 aliphatic heterocycles. The van der Waals surface area contributed by atoms with E-state index in [0.717, 1.165) is 15.6 Å². The average Bonchev–Trinajstić information content (AvgIpc) is 3.27. The number of alkyl halides is 3. The van der Waals surface area contributed by atoms with Gasteiger partial charge in [-0.05, 0) is 12.1 Å². The lowest BCUT2D eigenvalue weighted by Gasteiger charge is -2.18. The van der Waals surface area contributed by atoms with E-state index in [1.54, 1.807) is 30.3 Å². The number of aromatic nitrogens is 2. The van der Waals surface area contributed by atoms with E-state index in [9.17, 15) is 27.6 Å². The molecule has 0 radical (unpaired) electrons. The molecule has 2 aromatic rings. The van der Waals surface area contributed by atoms with Gasteiger partial charge in [0.2, 0.25) is 0 Å². The van der Waals surface area contributed by atoms with Gasteiger partial charge >= 0.3 is 12.1 Å². The van der Waals surface area contributed by atoms with E-state index in [0.29, 0.717) is 5.69 Å². The Bertz CT molecular complexity index is 926. The number of carbonyl (C=O) groups excluding carboxylic acids is 2. The van der Waals surface area contributed by atoms with Crippen molar-refractivity contribution in [3.63, 3.8) is 0 Å². The normalized spacial score (nSPS) is 19.6. The summed E-state index contributed by atoms with van der Waals surface area (Å²) >= 11 is 0. The van der Waals surface area contributed by atoms with Gasteiger partial charge in [-0.2, -0.15) is 18.3 Å². The number of carbonyl (C=O) groups is 3. The molecule has 1 aromatic heterocycles. The molecule has 0 unspecified atom stereocenters. The van der Waals surface area contributed by atoms with E-state index < -0.39 is 48.9 Å². The molecule has 8 nitrogen and oxygen atoms in total. The van der Waals surface area contributed by atoms with E-state index in [2.05, 4.69) is 5.10 Å². The number of aliphatic carboxylic acids is 1. The first-order chi connectivity index (χ1) is 13.1. The van der Waals surface area contributed by atoms with Gasteiger partial charge in [-0.15, -0.1) is 0 Å². The van der Waals surface area contributed by atoms with Crippen molar-refractivity contribution >= 4 is 17.8 Å². The molecule has 0 aliphatic carbocycles. The Balaban J connectivity index is 1.93. The Labute approximate surface area is 156 Å². The lowest BCUT2D eigenvalue weighted by molar-refractivity contribution is -0.187. The number of halogens is 3. The van der Waals surface area contributed by atoms with Gasteiger partial charge in [0.25, 0.3) is 11.8 Å². The molecule has 148 valence electrons. The van der Waals surface area contributed by atoms with E-state index in [1.807, 2.05) is 0 Å². The third-order valence-corrected chi connectivity index (χ3v) is 4.53. The molecule has 0 saturated carbocycles. The number of hydrogen-bond donors (Lipinski definition) is 2. The van der Waals surface area contributed by atoms with Crippen molar-refractivity contribution in [2.45, 2.75) is 6.18 Å². The van der Waals surface area contributed by atoms with Crippen LogP contribution in [0.3, 0.4) is 0 Å². The number of primary amides is 1. The van der Waals surface area contributed by atoms with Crippen LogP contribution in [0.2, 0.25) is 0 Å². The molecule has 2 heterocycles. The number of hydrogen-bond acceptors (Lipinski definition) is 4. The minimum Gasteiger partial charge on any atom is -0.481 e. The van der Waals surface area contributed by atoms with Crippen LogP contribution in [0.15, 0.2) is 36.4 Å². The highest BCUT2D eigenvalue weighted by Crippen LogP contribution is 2.38. The highest BCUT2D eigenvalue weighted by Gasteiger charge is 2.53. The number of amides is 2. The number of carboxylic acids is 1. The smallest absolute Gasteiger partial charge is 0.394 e. The molecule has 0 bridgehead atoms.